The summed E-state index contributed by atoms with van der Waals surface area (Å²) in [6.07, 6.45) is 3.42. The number of sulfonamides is 1. The van der Waals surface area contributed by atoms with Crippen molar-refractivity contribution < 1.29 is 13.2 Å². The molecule has 1 amide bonds. The minimum atomic E-state index is -3.44. The lowest BCUT2D eigenvalue weighted by atomic mass is 9.98. The second-order valence-electron chi connectivity index (χ2n) is 5.69. The number of benzene rings is 1. The van der Waals surface area contributed by atoms with Crippen LogP contribution in [0.1, 0.15) is 38.2 Å². The molecule has 0 aliphatic heterocycles. The summed E-state index contributed by atoms with van der Waals surface area (Å²) in [6, 6.07) is 6.46. The SMILES string of the molecule is CCNS(=O)(=O)c1ccc(CNC(=O)C2(N)CCCC2)cc1. The summed E-state index contributed by atoms with van der Waals surface area (Å²) in [6.45, 7) is 2.42. The van der Waals surface area contributed by atoms with Gasteiger partial charge in [0.1, 0.15) is 0 Å². The summed E-state index contributed by atoms with van der Waals surface area (Å²) in [5, 5.41) is 2.84. The van der Waals surface area contributed by atoms with E-state index in [9.17, 15) is 13.2 Å². The lowest BCUT2D eigenvalue weighted by molar-refractivity contribution is -0.126. The molecule has 2 rings (SSSR count). The van der Waals surface area contributed by atoms with Gasteiger partial charge in [-0.15, -0.1) is 0 Å². The molecule has 0 bridgehead atoms. The minimum absolute atomic E-state index is 0.130. The number of carbonyl (C=O) groups is 1. The van der Waals surface area contributed by atoms with Crippen LogP contribution >= 0.6 is 0 Å². The smallest absolute Gasteiger partial charge is 0.240 e. The molecule has 22 heavy (non-hydrogen) atoms. The van der Waals surface area contributed by atoms with Gasteiger partial charge in [-0.25, -0.2) is 13.1 Å². The van der Waals surface area contributed by atoms with E-state index in [-0.39, 0.29) is 10.8 Å². The van der Waals surface area contributed by atoms with Gasteiger partial charge in [-0.2, -0.15) is 0 Å². The number of hydrogen-bond donors (Lipinski definition) is 3. The Morgan fingerprint density at radius 3 is 2.36 bits per heavy atom. The predicted octanol–water partition coefficient (Wildman–Crippen LogP) is 0.873. The number of rotatable bonds is 6. The molecule has 1 aliphatic rings. The fraction of sp³-hybridized carbons (Fsp3) is 0.533. The van der Waals surface area contributed by atoms with Gasteiger partial charge in [0.15, 0.2) is 0 Å². The third-order valence-corrected chi connectivity index (χ3v) is 5.53. The highest BCUT2D eigenvalue weighted by atomic mass is 32.2. The van der Waals surface area contributed by atoms with E-state index in [1.54, 1.807) is 19.1 Å². The van der Waals surface area contributed by atoms with Gasteiger partial charge < -0.3 is 11.1 Å². The number of amides is 1. The first-order chi connectivity index (χ1) is 10.4. The molecular formula is C15H23N3O3S. The van der Waals surface area contributed by atoms with Gasteiger partial charge in [-0.1, -0.05) is 31.9 Å². The summed E-state index contributed by atoms with van der Waals surface area (Å²) in [5.41, 5.74) is 6.18. The van der Waals surface area contributed by atoms with E-state index in [0.29, 0.717) is 13.1 Å². The fourth-order valence-corrected chi connectivity index (χ4v) is 3.69. The van der Waals surface area contributed by atoms with Crippen LogP contribution in [0.15, 0.2) is 29.2 Å². The van der Waals surface area contributed by atoms with Crippen LogP contribution in [0.4, 0.5) is 0 Å². The van der Waals surface area contributed by atoms with Crippen LogP contribution in [0.2, 0.25) is 0 Å². The number of carbonyl (C=O) groups excluding carboxylic acids is 1. The van der Waals surface area contributed by atoms with Crippen molar-refractivity contribution in [3.8, 4) is 0 Å². The maximum Gasteiger partial charge on any atom is 0.240 e. The highest BCUT2D eigenvalue weighted by Gasteiger charge is 2.36. The molecule has 0 spiro atoms. The molecule has 0 unspecified atom stereocenters. The summed E-state index contributed by atoms with van der Waals surface area (Å²) in [4.78, 5) is 12.3. The summed E-state index contributed by atoms with van der Waals surface area (Å²) < 4.78 is 26.1. The second kappa shape index (κ2) is 6.76. The molecule has 122 valence electrons. The molecule has 4 N–H and O–H groups in total. The van der Waals surface area contributed by atoms with E-state index in [4.69, 9.17) is 5.73 Å². The van der Waals surface area contributed by atoms with Crippen molar-refractivity contribution in [3.63, 3.8) is 0 Å². The van der Waals surface area contributed by atoms with Crippen molar-refractivity contribution in [2.75, 3.05) is 6.54 Å². The molecule has 1 saturated carbocycles. The van der Waals surface area contributed by atoms with Crippen LogP contribution < -0.4 is 15.8 Å². The Balaban J connectivity index is 1.96. The molecule has 0 aromatic heterocycles. The minimum Gasteiger partial charge on any atom is -0.350 e. The quantitative estimate of drug-likeness (QED) is 0.722. The molecule has 7 heteroatoms. The van der Waals surface area contributed by atoms with Gasteiger partial charge in [0.05, 0.1) is 10.4 Å². The molecule has 1 aromatic carbocycles. The molecule has 0 atom stereocenters. The van der Waals surface area contributed by atoms with Crippen LogP contribution in [0.25, 0.3) is 0 Å². The molecule has 1 fully saturated rings. The fourth-order valence-electron chi connectivity index (χ4n) is 2.65. The zero-order chi connectivity index (χ0) is 16.2. The van der Waals surface area contributed by atoms with Crippen LogP contribution in [0.3, 0.4) is 0 Å². The first-order valence-electron chi connectivity index (χ1n) is 7.53. The Bertz CT molecular complexity index is 620. The standard InChI is InChI=1S/C15H23N3O3S/c1-2-18-22(20,21)13-7-5-12(6-8-13)11-17-14(19)15(16)9-3-4-10-15/h5-8,18H,2-4,9-11,16H2,1H3,(H,17,19). The van der Waals surface area contributed by atoms with Gasteiger partial charge in [0.25, 0.3) is 0 Å². The molecule has 0 radical (unpaired) electrons. The molecule has 1 aliphatic carbocycles. The van der Waals surface area contributed by atoms with Crippen molar-refractivity contribution in [3.05, 3.63) is 29.8 Å². The van der Waals surface area contributed by atoms with E-state index >= 15 is 0 Å². The number of nitrogens with one attached hydrogen (secondary N) is 2. The van der Waals surface area contributed by atoms with Crippen LogP contribution in [-0.2, 0) is 21.4 Å². The maximum absolute atomic E-state index is 12.1. The number of hydrogen-bond acceptors (Lipinski definition) is 4. The molecule has 1 aromatic rings. The van der Waals surface area contributed by atoms with Crippen LogP contribution in [0, 0.1) is 0 Å². The Morgan fingerprint density at radius 1 is 1.23 bits per heavy atom. The predicted molar refractivity (Wildman–Crippen MR) is 84.5 cm³/mol. The summed E-state index contributed by atoms with van der Waals surface area (Å²) >= 11 is 0. The van der Waals surface area contributed by atoms with Gasteiger partial charge in [-0.3, -0.25) is 4.79 Å². The van der Waals surface area contributed by atoms with Crippen LogP contribution in [-0.4, -0.2) is 26.4 Å². The van der Waals surface area contributed by atoms with Crippen LogP contribution in [0.5, 0.6) is 0 Å². The van der Waals surface area contributed by atoms with E-state index in [1.165, 1.54) is 12.1 Å². The average molecular weight is 325 g/mol. The molecule has 0 saturated heterocycles. The van der Waals surface area contributed by atoms with Crippen molar-refractivity contribution in [1.82, 2.24) is 10.0 Å². The zero-order valence-electron chi connectivity index (χ0n) is 12.8. The Kier molecular flexibility index (Phi) is 5.20. The highest BCUT2D eigenvalue weighted by molar-refractivity contribution is 7.89. The Labute approximate surface area is 131 Å². The van der Waals surface area contributed by atoms with E-state index in [0.717, 1.165) is 31.2 Å². The Hall–Kier alpha value is -1.44. The monoisotopic (exact) mass is 325 g/mol. The topological polar surface area (TPSA) is 101 Å². The van der Waals surface area contributed by atoms with Gasteiger partial charge >= 0.3 is 0 Å². The summed E-state index contributed by atoms with van der Waals surface area (Å²) in [5.74, 6) is -0.130. The zero-order valence-corrected chi connectivity index (χ0v) is 13.6. The van der Waals surface area contributed by atoms with Gasteiger partial charge in [-0.05, 0) is 30.5 Å². The highest BCUT2D eigenvalue weighted by Crippen LogP contribution is 2.27. The average Bonchev–Trinajstić information content (AvgIpc) is 2.93. The van der Waals surface area contributed by atoms with E-state index in [2.05, 4.69) is 10.0 Å². The van der Waals surface area contributed by atoms with Crippen molar-refractivity contribution in [1.29, 1.82) is 0 Å². The third kappa shape index (κ3) is 3.85. The van der Waals surface area contributed by atoms with E-state index in [1.807, 2.05) is 0 Å². The second-order valence-corrected chi connectivity index (χ2v) is 7.46. The largest absolute Gasteiger partial charge is 0.350 e. The van der Waals surface area contributed by atoms with Crippen molar-refractivity contribution in [2.24, 2.45) is 5.73 Å². The molecular weight excluding hydrogens is 302 g/mol. The first-order valence-corrected chi connectivity index (χ1v) is 9.01. The van der Waals surface area contributed by atoms with Gasteiger partial charge in [0.2, 0.25) is 15.9 Å². The molecule has 0 heterocycles. The van der Waals surface area contributed by atoms with Crippen molar-refractivity contribution >= 4 is 15.9 Å². The van der Waals surface area contributed by atoms with Crippen molar-refractivity contribution in [2.45, 2.75) is 49.6 Å². The summed E-state index contributed by atoms with van der Waals surface area (Å²) in [7, 11) is -3.44. The number of nitrogens with two attached hydrogens (primary N) is 1. The lowest BCUT2D eigenvalue weighted by Gasteiger charge is -2.22. The third-order valence-electron chi connectivity index (χ3n) is 3.97. The van der Waals surface area contributed by atoms with E-state index < -0.39 is 15.6 Å². The van der Waals surface area contributed by atoms with Gasteiger partial charge in [0, 0.05) is 13.1 Å². The molecule has 6 nitrogen and oxygen atoms in total. The maximum atomic E-state index is 12.1. The lowest BCUT2D eigenvalue weighted by Crippen LogP contribution is -2.51. The first kappa shape index (κ1) is 16.9. The normalized spacial score (nSPS) is 17.4. The Morgan fingerprint density at radius 2 is 1.82 bits per heavy atom.